The Hall–Kier alpha value is -4.27. The molecule has 7 rings (SSSR count). The second-order valence-electron chi connectivity index (χ2n) is 12.2. The van der Waals surface area contributed by atoms with Gasteiger partial charge in [0.1, 0.15) is 11.6 Å². The van der Waals surface area contributed by atoms with Crippen LogP contribution in [0.1, 0.15) is 26.7 Å². The summed E-state index contributed by atoms with van der Waals surface area (Å²) in [5.41, 5.74) is -1.00. The number of para-hydroxylation sites is 1. The van der Waals surface area contributed by atoms with Gasteiger partial charge in [0.25, 0.3) is 5.91 Å². The van der Waals surface area contributed by atoms with E-state index in [0.29, 0.717) is 25.1 Å². The highest BCUT2D eigenvalue weighted by Crippen LogP contribution is 2.59. The van der Waals surface area contributed by atoms with Crippen LogP contribution in [-0.2, 0) is 19.1 Å². The molecule has 4 aliphatic heterocycles. The summed E-state index contributed by atoms with van der Waals surface area (Å²) in [6, 6.07) is 21.7. The van der Waals surface area contributed by atoms with Crippen molar-refractivity contribution in [3.05, 3.63) is 97.1 Å². The Bertz CT molecular complexity index is 1680. The van der Waals surface area contributed by atoms with Gasteiger partial charge in [-0.3, -0.25) is 14.4 Å². The number of aliphatic hydroxyl groups excluding tert-OH is 1. The minimum Gasteiger partial charge on any atom is -0.394 e. The maximum absolute atomic E-state index is 14.8. The highest BCUT2D eigenvalue weighted by molar-refractivity contribution is 6.08. The zero-order valence-electron chi connectivity index (χ0n) is 25.0. The van der Waals surface area contributed by atoms with Gasteiger partial charge >= 0.3 is 0 Å². The van der Waals surface area contributed by atoms with E-state index in [2.05, 4.69) is 0 Å². The zero-order valence-corrected chi connectivity index (χ0v) is 25.0. The van der Waals surface area contributed by atoms with Gasteiger partial charge in [-0.15, -0.1) is 0 Å². The molecule has 2 fully saturated rings. The Morgan fingerprint density at radius 3 is 2.18 bits per heavy atom. The molecule has 8 heteroatoms. The molecule has 3 aromatic rings. The molecule has 3 amide bonds. The van der Waals surface area contributed by atoms with Gasteiger partial charge in [0.15, 0.2) is 0 Å². The number of ether oxygens (including phenoxy) is 1. The lowest BCUT2D eigenvalue weighted by atomic mass is 9.73. The Kier molecular flexibility index (Phi) is 6.94. The maximum Gasteiger partial charge on any atom is 0.253 e. The van der Waals surface area contributed by atoms with E-state index in [-0.39, 0.29) is 30.9 Å². The minimum absolute atomic E-state index is 0.201. The van der Waals surface area contributed by atoms with Gasteiger partial charge in [0.05, 0.1) is 30.1 Å². The van der Waals surface area contributed by atoms with Gasteiger partial charge in [-0.2, -0.15) is 0 Å². The molecule has 6 atom stereocenters. The molecule has 0 bridgehead atoms. The number of likely N-dealkylation sites (tertiary alicyclic amines) is 1. The van der Waals surface area contributed by atoms with Crippen LogP contribution >= 0.6 is 0 Å². The van der Waals surface area contributed by atoms with E-state index in [1.165, 1.54) is 4.90 Å². The number of benzene rings is 3. The van der Waals surface area contributed by atoms with Crippen molar-refractivity contribution < 1.29 is 24.2 Å². The van der Waals surface area contributed by atoms with Gasteiger partial charge in [0.2, 0.25) is 11.8 Å². The van der Waals surface area contributed by atoms with Gasteiger partial charge in [-0.1, -0.05) is 86.7 Å². The van der Waals surface area contributed by atoms with Crippen LogP contribution in [0.5, 0.6) is 0 Å². The molecule has 0 aliphatic carbocycles. The predicted octanol–water partition coefficient (Wildman–Crippen LogP) is 4.48. The Balaban J connectivity index is 1.38. The molecule has 0 radical (unpaired) electrons. The van der Waals surface area contributed by atoms with E-state index in [9.17, 15) is 19.5 Å². The number of amides is 3. The number of rotatable bonds is 6. The Labute approximate surface area is 257 Å². The molecule has 0 aromatic heterocycles. The van der Waals surface area contributed by atoms with Gasteiger partial charge in [0, 0.05) is 24.5 Å². The molecular weight excluding hydrogens is 554 g/mol. The first-order valence-corrected chi connectivity index (χ1v) is 15.5. The van der Waals surface area contributed by atoms with Crippen LogP contribution in [0.2, 0.25) is 0 Å². The number of carbonyl (C=O) groups excluding carboxylic acids is 3. The summed E-state index contributed by atoms with van der Waals surface area (Å²) in [6.07, 6.45) is 8.54. The third-order valence-corrected chi connectivity index (χ3v) is 10.1. The van der Waals surface area contributed by atoms with Crippen molar-refractivity contribution in [2.75, 3.05) is 29.5 Å². The average Bonchev–Trinajstić information content (AvgIpc) is 3.34. The minimum atomic E-state index is -1.39. The third kappa shape index (κ3) is 4.01. The normalized spacial score (nSPS) is 30.3. The number of fused-ring (bicyclic) bond motifs is 3. The smallest absolute Gasteiger partial charge is 0.253 e. The summed E-state index contributed by atoms with van der Waals surface area (Å²) in [5.74, 6) is -2.61. The first kappa shape index (κ1) is 28.5. The SMILES string of the molecule is CC[C@@H](CO)N1C(=O)[C@@H]2[C@@H]3C(=O)N(c4ccccc4)CC=C[C@]3(CC)O[C@@]23C=CCN(c2ccc4ccccc4c2)C(=O)C13. The number of hydrogen-bond acceptors (Lipinski definition) is 5. The molecule has 226 valence electrons. The van der Waals surface area contributed by atoms with Crippen molar-refractivity contribution in [3.8, 4) is 0 Å². The van der Waals surface area contributed by atoms with E-state index in [4.69, 9.17) is 4.74 Å². The number of nitrogens with zero attached hydrogens (tertiary/aromatic N) is 3. The van der Waals surface area contributed by atoms with Gasteiger partial charge in [-0.05, 0) is 47.9 Å². The van der Waals surface area contributed by atoms with Crippen molar-refractivity contribution >= 4 is 39.9 Å². The molecule has 44 heavy (non-hydrogen) atoms. The molecule has 4 heterocycles. The molecule has 1 spiro atoms. The quantitative estimate of drug-likeness (QED) is 0.427. The van der Waals surface area contributed by atoms with Crippen LogP contribution in [0.3, 0.4) is 0 Å². The summed E-state index contributed by atoms with van der Waals surface area (Å²) >= 11 is 0. The first-order valence-electron chi connectivity index (χ1n) is 15.5. The van der Waals surface area contributed by atoms with Crippen LogP contribution in [-0.4, -0.2) is 70.7 Å². The Morgan fingerprint density at radius 2 is 1.48 bits per heavy atom. The van der Waals surface area contributed by atoms with Crippen LogP contribution < -0.4 is 9.80 Å². The standard InChI is InChI=1S/C36H37N3O5/c1-3-26(23-40)39-31-34(43)38(28-17-16-24-12-8-9-13-25(24)22-28)21-11-19-36(31)30(33(39)42)29-32(41)37(27-14-6-5-7-15-27)20-10-18-35(29,4-2)44-36/h5-19,22,26,29-31,40H,3-4,20-21,23H2,1-2H3/t26-,29+,30-,31?,35-,36-/m0/s1. The number of anilines is 2. The second-order valence-corrected chi connectivity index (χ2v) is 12.2. The fourth-order valence-electron chi connectivity index (χ4n) is 7.92. The van der Waals surface area contributed by atoms with Crippen molar-refractivity contribution in [1.29, 1.82) is 0 Å². The third-order valence-electron chi connectivity index (χ3n) is 10.1. The van der Waals surface area contributed by atoms with Crippen LogP contribution in [0.25, 0.3) is 10.8 Å². The van der Waals surface area contributed by atoms with E-state index in [1.54, 1.807) is 9.80 Å². The molecule has 3 aromatic carbocycles. The van der Waals surface area contributed by atoms with Crippen molar-refractivity contribution in [1.82, 2.24) is 4.90 Å². The molecule has 2 saturated heterocycles. The maximum atomic E-state index is 14.8. The largest absolute Gasteiger partial charge is 0.394 e. The van der Waals surface area contributed by atoms with Crippen molar-refractivity contribution in [3.63, 3.8) is 0 Å². The molecule has 1 N–H and O–H groups in total. The van der Waals surface area contributed by atoms with Crippen molar-refractivity contribution in [2.24, 2.45) is 11.8 Å². The molecule has 8 nitrogen and oxygen atoms in total. The summed E-state index contributed by atoms with van der Waals surface area (Å²) in [4.78, 5) is 49.1. The first-order chi connectivity index (χ1) is 21.4. The van der Waals surface area contributed by atoms with Crippen LogP contribution in [0.4, 0.5) is 11.4 Å². The van der Waals surface area contributed by atoms with E-state index >= 15 is 0 Å². The van der Waals surface area contributed by atoms with Crippen LogP contribution in [0.15, 0.2) is 97.1 Å². The molecule has 1 unspecified atom stereocenters. The highest BCUT2D eigenvalue weighted by atomic mass is 16.5. The fourth-order valence-corrected chi connectivity index (χ4v) is 7.92. The summed E-state index contributed by atoms with van der Waals surface area (Å²) in [5, 5.41) is 12.5. The van der Waals surface area contributed by atoms with E-state index < -0.39 is 35.1 Å². The summed E-state index contributed by atoms with van der Waals surface area (Å²) < 4.78 is 7.08. The summed E-state index contributed by atoms with van der Waals surface area (Å²) in [6.45, 7) is 4.18. The molecule has 0 saturated carbocycles. The number of carbonyl (C=O) groups is 3. The highest BCUT2D eigenvalue weighted by Gasteiger charge is 2.76. The lowest BCUT2D eigenvalue weighted by Crippen LogP contribution is -2.59. The topological polar surface area (TPSA) is 90.4 Å². The number of hydrogen-bond donors (Lipinski definition) is 1. The van der Waals surface area contributed by atoms with Gasteiger partial charge < -0.3 is 24.5 Å². The lowest BCUT2D eigenvalue weighted by molar-refractivity contribution is -0.149. The average molecular weight is 592 g/mol. The van der Waals surface area contributed by atoms with Crippen molar-refractivity contribution in [2.45, 2.75) is 50.0 Å². The molecular formula is C36H37N3O5. The Morgan fingerprint density at radius 1 is 0.795 bits per heavy atom. The fraction of sp³-hybridized carbons (Fsp3) is 0.361. The zero-order chi connectivity index (χ0) is 30.6. The summed E-state index contributed by atoms with van der Waals surface area (Å²) in [7, 11) is 0. The predicted molar refractivity (Wildman–Crippen MR) is 169 cm³/mol. The monoisotopic (exact) mass is 591 g/mol. The lowest BCUT2D eigenvalue weighted by Gasteiger charge is -2.40. The number of aliphatic hydroxyl groups is 1. The van der Waals surface area contributed by atoms with E-state index in [0.717, 1.165) is 16.5 Å². The van der Waals surface area contributed by atoms with Crippen LogP contribution in [0, 0.1) is 11.8 Å². The van der Waals surface area contributed by atoms with Gasteiger partial charge in [-0.25, -0.2) is 0 Å². The van der Waals surface area contributed by atoms with E-state index in [1.807, 2.05) is 111 Å². The molecule has 4 aliphatic rings. The second kappa shape index (κ2) is 10.7.